The Morgan fingerprint density at radius 2 is 1.90 bits per heavy atom. The molecule has 0 radical (unpaired) electrons. The van der Waals surface area contributed by atoms with Crippen LogP contribution in [0, 0.1) is 5.82 Å². The van der Waals surface area contributed by atoms with Crippen molar-refractivity contribution in [2.45, 2.75) is 23.2 Å². The van der Waals surface area contributed by atoms with Gasteiger partial charge in [0, 0.05) is 16.0 Å². The van der Waals surface area contributed by atoms with Gasteiger partial charge in [-0.1, -0.05) is 46.3 Å². The molecule has 0 aliphatic carbocycles. The highest BCUT2D eigenvalue weighted by Crippen LogP contribution is 2.44. The molecule has 3 rings (SSSR count). The summed E-state index contributed by atoms with van der Waals surface area (Å²) in [5.74, 6) is 2.03. The molecule has 2 aromatic carbocycles. The highest BCUT2D eigenvalue weighted by atomic mass is 79.9. The Labute approximate surface area is 131 Å². The first-order valence-electron chi connectivity index (χ1n) is 6.81. The van der Waals surface area contributed by atoms with Gasteiger partial charge in [0.1, 0.15) is 5.82 Å². The van der Waals surface area contributed by atoms with E-state index in [2.05, 4.69) is 40.2 Å². The predicted octanol–water partition coefficient (Wildman–Crippen LogP) is 5.58. The van der Waals surface area contributed by atoms with Gasteiger partial charge >= 0.3 is 0 Å². The van der Waals surface area contributed by atoms with Crippen LogP contribution in [-0.2, 0) is 0 Å². The molecule has 104 valence electrons. The van der Waals surface area contributed by atoms with Gasteiger partial charge in [-0.25, -0.2) is 4.39 Å². The van der Waals surface area contributed by atoms with E-state index in [1.165, 1.54) is 16.0 Å². The van der Waals surface area contributed by atoms with Crippen molar-refractivity contribution >= 4 is 27.7 Å². The molecular weight excluding hydrogens is 335 g/mol. The Balaban J connectivity index is 1.78. The van der Waals surface area contributed by atoms with Crippen molar-refractivity contribution in [1.82, 2.24) is 0 Å². The molecule has 3 heteroatoms. The van der Waals surface area contributed by atoms with Crippen LogP contribution in [0.3, 0.4) is 0 Å². The summed E-state index contributed by atoms with van der Waals surface area (Å²) in [6.45, 7) is 0. The molecule has 0 saturated carbocycles. The summed E-state index contributed by atoms with van der Waals surface area (Å²) in [6.07, 6.45) is 1.11. The number of hydrogen-bond donors (Lipinski definition) is 0. The van der Waals surface area contributed by atoms with E-state index in [9.17, 15) is 4.39 Å². The van der Waals surface area contributed by atoms with Crippen LogP contribution in [0.25, 0.3) is 0 Å². The van der Waals surface area contributed by atoms with E-state index in [4.69, 9.17) is 0 Å². The summed E-state index contributed by atoms with van der Waals surface area (Å²) in [5.41, 5.74) is 2.70. The zero-order chi connectivity index (χ0) is 13.9. The van der Waals surface area contributed by atoms with Crippen LogP contribution >= 0.6 is 27.7 Å². The van der Waals surface area contributed by atoms with Crippen molar-refractivity contribution in [2.75, 3.05) is 11.1 Å². The Hall–Kier alpha value is -0.800. The van der Waals surface area contributed by atoms with E-state index < -0.39 is 0 Å². The maximum Gasteiger partial charge on any atom is 0.123 e. The summed E-state index contributed by atoms with van der Waals surface area (Å²) in [7, 11) is 0. The number of rotatable bonds is 4. The van der Waals surface area contributed by atoms with Gasteiger partial charge in [-0.05, 0) is 47.6 Å². The minimum Gasteiger partial charge on any atom is -0.207 e. The Kier molecular flexibility index (Phi) is 4.47. The van der Waals surface area contributed by atoms with Gasteiger partial charge in [0.05, 0.1) is 0 Å². The molecule has 1 heterocycles. The average Bonchev–Trinajstić information content (AvgIpc) is 2.89. The van der Waals surface area contributed by atoms with Gasteiger partial charge in [0.15, 0.2) is 0 Å². The van der Waals surface area contributed by atoms with Crippen molar-refractivity contribution < 1.29 is 4.39 Å². The molecule has 0 bridgehead atoms. The third-order valence-electron chi connectivity index (χ3n) is 3.90. The molecular formula is C17H16BrFS. The number of benzene rings is 2. The van der Waals surface area contributed by atoms with Crippen molar-refractivity contribution in [3.8, 4) is 0 Å². The van der Waals surface area contributed by atoms with E-state index in [-0.39, 0.29) is 5.82 Å². The molecule has 0 N–H and O–H groups in total. The smallest absolute Gasteiger partial charge is 0.123 e. The summed E-state index contributed by atoms with van der Waals surface area (Å²) in [4.78, 5) is 1.42. The van der Waals surface area contributed by atoms with E-state index in [0.29, 0.717) is 11.8 Å². The van der Waals surface area contributed by atoms with Crippen LogP contribution in [0.2, 0.25) is 0 Å². The fourth-order valence-electron chi connectivity index (χ4n) is 2.79. The number of fused-ring (bicyclic) bond motifs is 1. The number of hydrogen-bond acceptors (Lipinski definition) is 1. The lowest BCUT2D eigenvalue weighted by Crippen LogP contribution is -2.07. The monoisotopic (exact) mass is 350 g/mol. The van der Waals surface area contributed by atoms with Crippen LogP contribution in [0.1, 0.15) is 29.4 Å². The average molecular weight is 351 g/mol. The van der Waals surface area contributed by atoms with Gasteiger partial charge in [-0.2, -0.15) is 0 Å². The molecule has 20 heavy (non-hydrogen) atoms. The lowest BCUT2D eigenvalue weighted by molar-refractivity contribution is 0.601. The van der Waals surface area contributed by atoms with Crippen LogP contribution in [0.5, 0.6) is 0 Å². The van der Waals surface area contributed by atoms with Gasteiger partial charge in [-0.3, -0.25) is 0 Å². The maximum absolute atomic E-state index is 13.0. The molecule has 1 aliphatic heterocycles. The van der Waals surface area contributed by atoms with Gasteiger partial charge in [-0.15, -0.1) is 11.8 Å². The third-order valence-corrected chi connectivity index (χ3v) is 5.93. The zero-order valence-electron chi connectivity index (χ0n) is 11.1. The standard InChI is InChI=1S/C17H16BrFS/c18-10-13(12-5-7-15(19)8-6-12)9-14-11-20-17-4-2-1-3-16(14)17/h1-8,13-14H,9-11H2. The minimum atomic E-state index is -0.163. The van der Waals surface area contributed by atoms with Gasteiger partial charge in [0.2, 0.25) is 0 Å². The number of halogens is 2. The fourth-order valence-corrected chi connectivity index (χ4v) is 4.70. The first-order chi connectivity index (χ1) is 9.78. The predicted molar refractivity (Wildman–Crippen MR) is 87.5 cm³/mol. The van der Waals surface area contributed by atoms with Crippen molar-refractivity contribution in [3.63, 3.8) is 0 Å². The molecule has 2 atom stereocenters. The summed E-state index contributed by atoms with van der Waals surface area (Å²) in [6, 6.07) is 15.6. The molecule has 0 nitrogen and oxygen atoms in total. The minimum absolute atomic E-state index is 0.163. The first-order valence-corrected chi connectivity index (χ1v) is 8.92. The second-order valence-corrected chi connectivity index (χ2v) is 6.89. The lowest BCUT2D eigenvalue weighted by atomic mass is 9.87. The molecule has 0 fully saturated rings. The highest BCUT2D eigenvalue weighted by molar-refractivity contribution is 9.09. The molecule has 0 amide bonds. The quantitative estimate of drug-likeness (QED) is 0.648. The molecule has 0 aromatic heterocycles. The van der Waals surface area contributed by atoms with E-state index in [1.54, 1.807) is 12.1 Å². The van der Waals surface area contributed by atoms with Gasteiger partial charge < -0.3 is 0 Å². The van der Waals surface area contributed by atoms with Crippen molar-refractivity contribution in [3.05, 3.63) is 65.5 Å². The lowest BCUT2D eigenvalue weighted by Gasteiger charge is -2.19. The largest absolute Gasteiger partial charge is 0.207 e. The Bertz CT molecular complexity index is 582. The Morgan fingerprint density at radius 1 is 1.15 bits per heavy atom. The second kappa shape index (κ2) is 6.31. The third kappa shape index (κ3) is 2.94. The maximum atomic E-state index is 13.0. The first kappa shape index (κ1) is 14.2. The summed E-state index contributed by atoms with van der Waals surface area (Å²) < 4.78 is 13.0. The van der Waals surface area contributed by atoms with E-state index in [1.807, 2.05) is 23.9 Å². The number of alkyl halides is 1. The van der Waals surface area contributed by atoms with E-state index in [0.717, 1.165) is 17.5 Å². The number of thioether (sulfide) groups is 1. The normalized spacial score (nSPS) is 18.8. The molecule has 2 aromatic rings. The summed E-state index contributed by atoms with van der Waals surface area (Å²) in [5, 5.41) is 0.919. The molecule has 0 spiro atoms. The Morgan fingerprint density at radius 3 is 2.65 bits per heavy atom. The van der Waals surface area contributed by atoms with Crippen LogP contribution in [0.4, 0.5) is 4.39 Å². The SMILES string of the molecule is Fc1ccc(C(CBr)CC2CSc3ccccc32)cc1. The van der Waals surface area contributed by atoms with Crippen LogP contribution in [-0.4, -0.2) is 11.1 Å². The van der Waals surface area contributed by atoms with Crippen LogP contribution < -0.4 is 0 Å². The highest BCUT2D eigenvalue weighted by Gasteiger charge is 2.25. The van der Waals surface area contributed by atoms with Gasteiger partial charge in [0.25, 0.3) is 0 Å². The van der Waals surface area contributed by atoms with Crippen molar-refractivity contribution in [2.24, 2.45) is 0 Å². The molecule has 1 aliphatic rings. The van der Waals surface area contributed by atoms with E-state index >= 15 is 0 Å². The topological polar surface area (TPSA) is 0 Å². The van der Waals surface area contributed by atoms with Crippen LogP contribution in [0.15, 0.2) is 53.4 Å². The summed E-state index contributed by atoms with van der Waals surface area (Å²) >= 11 is 5.57. The zero-order valence-corrected chi connectivity index (χ0v) is 13.5. The van der Waals surface area contributed by atoms with Crippen molar-refractivity contribution in [1.29, 1.82) is 0 Å². The second-order valence-electron chi connectivity index (χ2n) is 5.18. The molecule has 2 unspecified atom stereocenters. The fraction of sp³-hybridized carbons (Fsp3) is 0.294. The molecule has 0 saturated heterocycles.